The number of rotatable bonds is 4. The van der Waals surface area contributed by atoms with E-state index in [1.807, 2.05) is 0 Å². The van der Waals surface area contributed by atoms with Gasteiger partial charge < -0.3 is 11.1 Å². The van der Waals surface area contributed by atoms with Gasteiger partial charge in [-0.25, -0.2) is 0 Å². The van der Waals surface area contributed by atoms with Crippen LogP contribution in [-0.4, -0.2) is 11.8 Å². The Balaban J connectivity index is 2.69. The summed E-state index contributed by atoms with van der Waals surface area (Å²) in [5, 5.41) is 3.20. The molecule has 6 heteroatoms. The third kappa shape index (κ3) is 3.91. The van der Waals surface area contributed by atoms with E-state index < -0.39 is 11.8 Å². The second-order valence-corrected chi connectivity index (χ2v) is 4.44. The quantitative estimate of drug-likeness (QED) is 0.885. The van der Waals surface area contributed by atoms with Gasteiger partial charge in [0.05, 0.1) is 15.7 Å². The van der Waals surface area contributed by atoms with E-state index in [-0.39, 0.29) is 17.4 Å². The highest BCUT2D eigenvalue weighted by Gasteiger charge is 2.15. The number of hydrogen-bond donors (Lipinski definition) is 2. The molecule has 1 aromatic rings. The second-order valence-electron chi connectivity index (χ2n) is 3.66. The first-order valence-corrected chi connectivity index (χ1v) is 5.70. The summed E-state index contributed by atoms with van der Waals surface area (Å²) in [4.78, 5) is 22.4. The second kappa shape index (κ2) is 5.89. The zero-order chi connectivity index (χ0) is 13.0. The topological polar surface area (TPSA) is 72.2 Å². The van der Waals surface area contributed by atoms with Gasteiger partial charge in [-0.1, -0.05) is 36.2 Å². The maximum absolute atomic E-state index is 11.6. The van der Waals surface area contributed by atoms with Crippen LogP contribution in [-0.2, 0) is 9.59 Å². The van der Waals surface area contributed by atoms with Gasteiger partial charge in [0, 0.05) is 12.3 Å². The molecule has 3 N–H and O–H groups in total. The normalized spacial score (nSPS) is 11.9. The average molecular weight is 275 g/mol. The van der Waals surface area contributed by atoms with Crippen LogP contribution in [0.2, 0.25) is 10.0 Å². The number of anilines is 1. The molecular formula is C11H12Cl2N2O2. The molecule has 1 rings (SSSR count). The standard InChI is InChI=1S/C11H12Cl2N2O2/c1-6(11(14)17)5-9(16)15-8-4-2-3-7(12)10(8)13/h2-4,6H,5H2,1H3,(H2,14,17)(H,15,16). The molecule has 1 unspecified atom stereocenters. The first-order chi connectivity index (χ1) is 7.91. The molecule has 0 fully saturated rings. The molecule has 0 aromatic heterocycles. The van der Waals surface area contributed by atoms with Gasteiger partial charge in [-0.05, 0) is 12.1 Å². The van der Waals surface area contributed by atoms with Crippen molar-refractivity contribution in [1.82, 2.24) is 0 Å². The molecule has 4 nitrogen and oxygen atoms in total. The number of carbonyl (C=O) groups excluding carboxylic acids is 2. The first kappa shape index (κ1) is 13.8. The lowest BCUT2D eigenvalue weighted by Crippen LogP contribution is -2.25. The number of benzene rings is 1. The molecule has 0 spiro atoms. The lowest BCUT2D eigenvalue weighted by molar-refractivity contribution is -0.125. The number of nitrogens with two attached hydrogens (primary N) is 1. The molecule has 0 bridgehead atoms. The minimum Gasteiger partial charge on any atom is -0.369 e. The van der Waals surface area contributed by atoms with Crippen molar-refractivity contribution in [2.45, 2.75) is 13.3 Å². The predicted octanol–water partition coefficient (Wildman–Crippen LogP) is 2.44. The fourth-order valence-corrected chi connectivity index (χ4v) is 1.53. The van der Waals surface area contributed by atoms with Gasteiger partial charge in [-0.3, -0.25) is 9.59 Å². The lowest BCUT2D eigenvalue weighted by Gasteiger charge is -2.10. The summed E-state index contributed by atoms with van der Waals surface area (Å²) in [6, 6.07) is 4.91. The Morgan fingerprint density at radius 1 is 1.41 bits per heavy atom. The smallest absolute Gasteiger partial charge is 0.225 e. The molecule has 0 saturated heterocycles. The van der Waals surface area contributed by atoms with E-state index in [2.05, 4.69) is 5.32 Å². The summed E-state index contributed by atoms with van der Waals surface area (Å²) in [5.74, 6) is -1.37. The SMILES string of the molecule is CC(CC(=O)Nc1cccc(Cl)c1Cl)C(N)=O. The van der Waals surface area contributed by atoms with Crippen LogP contribution in [0.25, 0.3) is 0 Å². The highest BCUT2D eigenvalue weighted by atomic mass is 35.5. The van der Waals surface area contributed by atoms with Crippen molar-refractivity contribution in [3.8, 4) is 0 Å². The van der Waals surface area contributed by atoms with Crippen molar-refractivity contribution in [3.63, 3.8) is 0 Å². The molecule has 92 valence electrons. The van der Waals surface area contributed by atoms with Crippen molar-refractivity contribution >= 4 is 40.7 Å². The number of amides is 2. The summed E-state index contributed by atoms with van der Waals surface area (Å²) in [6.45, 7) is 1.58. The van der Waals surface area contributed by atoms with Gasteiger partial charge in [0.1, 0.15) is 0 Å². The van der Waals surface area contributed by atoms with Gasteiger partial charge in [-0.15, -0.1) is 0 Å². The van der Waals surface area contributed by atoms with E-state index in [0.29, 0.717) is 10.7 Å². The van der Waals surface area contributed by atoms with E-state index in [1.165, 1.54) is 0 Å². The molecule has 0 saturated carbocycles. The maximum atomic E-state index is 11.6. The van der Waals surface area contributed by atoms with Crippen molar-refractivity contribution in [2.24, 2.45) is 11.7 Å². The summed E-state index contributed by atoms with van der Waals surface area (Å²) in [7, 11) is 0. The summed E-state index contributed by atoms with van der Waals surface area (Å²) in [5.41, 5.74) is 5.48. The number of nitrogens with one attached hydrogen (secondary N) is 1. The van der Waals surface area contributed by atoms with E-state index >= 15 is 0 Å². The zero-order valence-corrected chi connectivity index (χ0v) is 10.7. The van der Waals surface area contributed by atoms with Crippen LogP contribution in [0.15, 0.2) is 18.2 Å². The zero-order valence-electron chi connectivity index (χ0n) is 9.17. The Morgan fingerprint density at radius 2 is 2.06 bits per heavy atom. The van der Waals surface area contributed by atoms with Crippen LogP contribution in [0.5, 0.6) is 0 Å². The monoisotopic (exact) mass is 274 g/mol. The number of carbonyl (C=O) groups is 2. The van der Waals surface area contributed by atoms with Crippen LogP contribution in [0.3, 0.4) is 0 Å². The Hall–Kier alpha value is -1.26. The molecule has 2 amide bonds. The van der Waals surface area contributed by atoms with Gasteiger partial charge in [0.2, 0.25) is 11.8 Å². The van der Waals surface area contributed by atoms with Gasteiger partial charge in [0.15, 0.2) is 0 Å². The number of halogens is 2. The Labute approximate surface area is 109 Å². The lowest BCUT2D eigenvalue weighted by atomic mass is 10.1. The Morgan fingerprint density at radius 3 is 2.65 bits per heavy atom. The third-order valence-corrected chi connectivity index (χ3v) is 3.02. The Kier molecular flexibility index (Phi) is 4.78. The van der Waals surface area contributed by atoms with Crippen molar-refractivity contribution in [3.05, 3.63) is 28.2 Å². The molecule has 0 heterocycles. The largest absolute Gasteiger partial charge is 0.369 e. The highest BCUT2D eigenvalue weighted by molar-refractivity contribution is 6.43. The van der Waals surface area contributed by atoms with Gasteiger partial charge >= 0.3 is 0 Å². The average Bonchev–Trinajstić information content (AvgIpc) is 2.24. The minimum absolute atomic E-state index is 0.0121. The summed E-state index contributed by atoms with van der Waals surface area (Å²) in [6.07, 6.45) is 0.0121. The van der Waals surface area contributed by atoms with Gasteiger partial charge in [-0.2, -0.15) is 0 Å². The fourth-order valence-electron chi connectivity index (χ4n) is 1.18. The molecule has 0 aliphatic rings. The van der Waals surface area contributed by atoms with Crippen LogP contribution >= 0.6 is 23.2 Å². The Bertz CT molecular complexity index is 449. The molecule has 0 aliphatic heterocycles. The number of primary amides is 1. The van der Waals surface area contributed by atoms with Gasteiger partial charge in [0.25, 0.3) is 0 Å². The molecule has 0 aliphatic carbocycles. The maximum Gasteiger partial charge on any atom is 0.225 e. The van der Waals surface area contributed by atoms with E-state index in [9.17, 15) is 9.59 Å². The van der Waals surface area contributed by atoms with E-state index in [0.717, 1.165) is 0 Å². The molecular weight excluding hydrogens is 263 g/mol. The summed E-state index contributed by atoms with van der Waals surface area (Å²) < 4.78 is 0. The fraction of sp³-hybridized carbons (Fsp3) is 0.273. The van der Waals surface area contributed by atoms with Crippen LogP contribution < -0.4 is 11.1 Å². The third-order valence-electron chi connectivity index (χ3n) is 2.20. The molecule has 1 atom stereocenters. The predicted molar refractivity (Wildman–Crippen MR) is 68.1 cm³/mol. The van der Waals surface area contributed by atoms with E-state index in [1.54, 1.807) is 25.1 Å². The molecule has 17 heavy (non-hydrogen) atoms. The minimum atomic E-state index is -0.520. The van der Waals surface area contributed by atoms with Crippen molar-refractivity contribution in [2.75, 3.05) is 5.32 Å². The van der Waals surface area contributed by atoms with E-state index in [4.69, 9.17) is 28.9 Å². The first-order valence-electron chi connectivity index (χ1n) is 4.95. The van der Waals surface area contributed by atoms with Crippen LogP contribution in [0, 0.1) is 5.92 Å². The summed E-state index contributed by atoms with van der Waals surface area (Å²) >= 11 is 11.7. The molecule has 1 aromatic carbocycles. The van der Waals surface area contributed by atoms with Crippen LogP contribution in [0.4, 0.5) is 5.69 Å². The van der Waals surface area contributed by atoms with Crippen LogP contribution in [0.1, 0.15) is 13.3 Å². The highest BCUT2D eigenvalue weighted by Crippen LogP contribution is 2.29. The van der Waals surface area contributed by atoms with Crippen molar-refractivity contribution in [1.29, 1.82) is 0 Å². The molecule has 0 radical (unpaired) electrons. The number of hydrogen-bond acceptors (Lipinski definition) is 2. The van der Waals surface area contributed by atoms with Crippen molar-refractivity contribution < 1.29 is 9.59 Å².